The molecule has 2 N–H and O–H groups in total. The molecule has 0 aromatic heterocycles. The zero-order valence-corrected chi connectivity index (χ0v) is 10.8. The lowest BCUT2D eigenvalue weighted by atomic mass is 10.2. The number of hydrogen-bond acceptors (Lipinski definition) is 3. The normalized spacial score (nSPS) is 10.6. The van der Waals surface area contributed by atoms with E-state index in [-0.39, 0.29) is 0 Å². The first kappa shape index (κ1) is 14.0. The van der Waals surface area contributed by atoms with Crippen LogP contribution in [0, 0.1) is 0 Å². The molecule has 0 atom stereocenters. The second-order valence-electron chi connectivity index (χ2n) is 4.81. The fraction of sp³-hybridized carbons (Fsp3) is 0.385. The summed E-state index contributed by atoms with van der Waals surface area (Å²) in [5.41, 5.74) is 1.14. The van der Waals surface area contributed by atoms with Crippen LogP contribution in [0.3, 0.4) is 0 Å². The van der Waals surface area contributed by atoms with Crippen LogP contribution in [0.4, 0.5) is 10.5 Å². The van der Waals surface area contributed by atoms with Gasteiger partial charge >= 0.3 is 6.09 Å². The Balaban J connectivity index is 2.43. The second-order valence-corrected chi connectivity index (χ2v) is 4.81. The number of nitrogens with one attached hydrogen (secondary N) is 2. The molecule has 0 aliphatic rings. The maximum atomic E-state index is 11.4. The molecular weight excluding hydrogens is 232 g/mol. The molecule has 18 heavy (non-hydrogen) atoms. The lowest BCUT2D eigenvalue weighted by Gasteiger charge is -2.19. The summed E-state index contributed by atoms with van der Waals surface area (Å²) < 4.78 is 5.11. The van der Waals surface area contributed by atoms with Gasteiger partial charge < -0.3 is 15.4 Å². The van der Waals surface area contributed by atoms with Gasteiger partial charge in [0.2, 0.25) is 6.41 Å². The van der Waals surface area contributed by atoms with E-state index < -0.39 is 11.7 Å². The van der Waals surface area contributed by atoms with Crippen LogP contribution >= 0.6 is 0 Å². The van der Waals surface area contributed by atoms with Gasteiger partial charge in [-0.05, 0) is 38.5 Å². The Morgan fingerprint density at radius 1 is 1.28 bits per heavy atom. The van der Waals surface area contributed by atoms with Gasteiger partial charge in [-0.15, -0.1) is 0 Å². The third kappa shape index (κ3) is 5.34. The summed E-state index contributed by atoms with van der Waals surface area (Å²) in [6.07, 6.45) is 0.172. The molecule has 0 saturated carbocycles. The molecular formula is C13H18N2O3. The van der Waals surface area contributed by atoms with Gasteiger partial charge in [0, 0.05) is 12.2 Å². The fourth-order valence-corrected chi connectivity index (χ4v) is 1.28. The van der Waals surface area contributed by atoms with Gasteiger partial charge in [-0.3, -0.25) is 4.79 Å². The van der Waals surface area contributed by atoms with Gasteiger partial charge in [-0.1, -0.05) is 12.1 Å². The van der Waals surface area contributed by atoms with Crippen LogP contribution in [0.2, 0.25) is 0 Å². The summed E-state index contributed by atoms with van der Waals surface area (Å²) in [6.45, 7) is 5.82. The first-order valence-corrected chi connectivity index (χ1v) is 5.67. The Labute approximate surface area is 107 Å². The topological polar surface area (TPSA) is 67.4 Å². The lowest BCUT2D eigenvalue weighted by Crippen LogP contribution is -2.32. The van der Waals surface area contributed by atoms with Crippen molar-refractivity contribution in [1.82, 2.24) is 5.32 Å². The van der Waals surface area contributed by atoms with Gasteiger partial charge in [0.15, 0.2) is 0 Å². The van der Waals surface area contributed by atoms with Crippen LogP contribution < -0.4 is 10.6 Å². The van der Waals surface area contributed by atoms with E-state index >= 15 is 0 Å². The SMILES string of the molecule is CC(C)(C)OC(=O)NCc1ccc(NC=O)cc1. The minimum Gasteiger partial charge on any atom is -0.444 e. The smallest absolute Gasteiger partial charge is 0.407 e. The average Bonchev–Trinajstić information content (AvgIpc) is 2.26. The minimum atomic E-state index is -0.498. The van der Waals surface area contributed by atoms with Crippen molar-refractivity contribution >= 4 is 18.2 Å². The number of rotatable bonds is 4. The largest absolute Gasteiger partial charge is 0.444 e. The molecule has 0 aliphatic heterocycles. The van der Waals surface area contributed by atoms with Crippen molar-refractivity contribution in [3.8, 4) is 0 Å². The molecule has 0 fully saturated rings. The highest BCUT2D eigenvalue weighted by Crippen LogP contribution is 2.09. The highest BCUT2D eigenvalue weighted by molar-refractivity contribution is 5.71. The van der Waals surface area contributed by atoms with Crippen molar-refractivity contribution < 1.29 is 14.3 Å². The molecule has 1 aromatic rings. The molecule has 0 heterocycles. The number of anilines is 1. The summed E-state index contributed by atoms with van der Waals surface area (Å²) in [5.74, 6) is 0. The quantitative estimate of drug-likeness (QED) is 0.805. The third-order valence-corrected chi connectivity index (χ3v) is 2.02. The highest BCUT2D eigenvalue weighted by atomic mass is 16.6. The van der Waals surface area contributed by atoms with Gasteiger partial charge in [-0.25, -0.2) is 4.79 Å². The monoisotopic (exact) mass is 250 g/mol. The Hall–Kier alpha value is -2.04. The maximum absolute atomic E-state index is 11.4. The molecule has 0 radical (unpaired) electrons. The molecule has 5 nitrogen and oxygen atoms in total. The summed E-state index contributed by atoms with van der Waals surface area (Å²) in [5, 5.41) is 5.19. The van der Waals surface area contributed by atoms with Crippen molar-refractivity contribution in [2.75, 3.05) is 5.32 Å². The Morgan fingerprint density at radius 3 is 2.39 bits per heavy atom. The Morgan fingerprint density at radius 2 is 1.89 bits per heavy atom. The van der Waals surface area contributed by atoms with E-state index in [9.17, 15) is 9.59 Å². The fourth-order valence-electron chi connectivity index (χ4n) is 1.28. The summed E-state index contributed by atoms with van der Waals surface area (Å²) in [7, 11) is 0. The van der Waals surface area contributed by atoms with E-state index in [1.165, 1.54) is 0 Å². The Kier molecular flexibility index (Phi) is 4.71. The van der Waals surface area contributed by atoms with Crippen LogP contribution in [0.5, 0.6) is 0 Å². The molecule has 0 bridgehead atoms. The van der Waals surface area contributed by atoms with E-state index in [0.29, 0.717) is 18.6 Å². The molecule has 1 aromatic carbocycles. The van der Waals surface area contributed by atoms with Crippen LogP contribution in [-0.4, -0.2) is 18.1 Å². The van der Waals surface area contributed by atoms with Gasteiger partial charge in [-0.2, -0.15) is 0 Å². The summed E-state index contributed by atoms with van der Waals surface area (Å²) >= 11 is 0. The van der Waals surface area contributed by atoms with Crippen molar-refractivity contribution in [1.29, 1.82) is 0 Å². The number of ether oxygens (including phenoxy) is 1. The van der Waals surface area contributed by atoms with E-state index in [0.717, 1.165) is 5.56 Å². The molecule has 5 heteroatoms. The van der Waals surface area contributed by atoms with E-state index in [1.54, 1.807) is 12.1 Å². The highest BCUT2D eigenvalue weighted by Gasteiger charge is 2.15. The number of amides is 2. The number of benzene rings is 1. The zero-order chi connectivity index (χ0) is 13.6. The van der Waals surface area contributed by atoms with Crippen LogP contribution in [0.25, 0.3) is 0 Å². The van der Waals surface area contributed by atoms with Crippen molar-refractivity contribution in [3.63, 3.8) is 0 Å². The molecule has 0 saturated heterocycles. The van der Waals surface area contributed by atoms with Crippen molar-refractivity contribution in [3.05, 3.63) is 29.8 Å². The van der Waals surface area contributed by atoms with Crippen molar-refractivity contribution in [2.45, 2.75) is 32.9 Å². The average molecular weight is 250 g/mol. The second kappa shape index (κ2) is 6.05. The van der Waals surface area contributed by atoms with E-state index in [2.05, 4.69) is 10.6 Å². The summed E-state index contributed by atoms with van der Waals surface area (Å²) in [4.78, 5) is 21.6. The van der Waals surface area contributed by atoms with Crippen LogP contribution in [0.15, 0.2) is 24.3 Å². The first-order chi connectivity index (χ1) is 8.40. The van der Waals surface area contributed by atoms with E-state index in [1.807, 2.05) is 32.9 Å². The first-order valence-electron chi connectivity index (χ1n) is 5.67. The third-order valence-electron chi connectivity index (χ3n) is 2.02. The summed E-state index contributed by atoms with van der Waals surface area (Å²) in [6, 6.07) is 7.17. The molecule has 1 rings (SSSR count). The molecule has 0 unspecified atom stereocenters. The number of alkyl carbamates (subject to hydrolysis) is 1. The lowest BCUT2D eigenvalue weighted by molar-refractivity contribution is -0.105. The zero-order valence-electron chi connectivity index (χ0n) is 10.8. The molecule has 0 aliphatic carbocycles. The predicted molar refractivity (Wildman–Crippen MR) is 69.2 cm³/mol. The van der Waals surface area contributed by atoms with Crippen LogP contribution in [0.1, 0.15) is 26.3 Å². The van der Waals surface area contributed by atoms with Gasteiger partial charge in [0.05, 0.1) is 0 Å². The number of hydrogen-bond donors (Lipinski definition) is 2. The molecule has 0 spiro atoms. The maximum Gasteiger partial charge on any atom is 0.407 e. The van der Waals surface area contributed by atoms with Crippen molar-refractivity contribution in [2.24, 2.45) is 0 Å². The predicted octanol–water partition coefficient (Wildman–Crippen LogP) is 2.28. The Bertz CT molecular complexity index is 407. The van der Waals surface area contributed by atoms with E-state index in [4.69, 9.17) is 4.74 Å². The molecule has 98 valence electrons. The number of carbonyl (C=O) groups is 2. The van der Waals surface area contributed by atoms with Gasteiger partial charge in [0.1, 0.15) is 5.60 Å². The number of carbonyl (C=O) groups excluding carboxylic acids is 2. The molecule has 2 amide bonds. The van der Waals surface area contributed by atoms with Gasteiger partial charge in [0.25, 0.3) is 0 Å². The minimum absolute atomic E-state index is 0.385. The standard InChI is InChI=1S/C13H18N2O3/c1-13(2,3)18-12(17)14-8-10-4-6-11(7-5-10)15-9-16/h4-7,9H,8H2,1-3H3,(H,14,17)(H,15,16). The van der Waals surface area contributed by atoms with Crippen LogP contribution in [-0.2, 0) is 16.1 Å².